The summed E-state index contributed by atoms with van der Waals surface area (Å²) in [7, 11) is 0. The molecule has 0 aromatic heterocycles. The first-order valence-electron chi connectivity index (χ1n) is 15.1. The highest BCUT2D eigenvalue weighted by Crippen LogP contribution is 2.46. The molecule has 1 aromatic carbocycles. The molecule has 1 aromatic rings. The molecule has 38 heavy (non-hydrogen) atoms. The molecular weight excluding hydrogens is 474 g/mol. The number of carbonyl (C=O) groups is 1. The zero-order chi connectivity index (χ0) is 27.0. The lowest BCUT2D eigenvalue weighted by atomic mass is 9.63. The zero-order valence-electron chi connectivity index (χ0n) is 23.9. The van der Waals surface area contributed by atoms with Gasteiger partial charge in [-0.3, -0.25) is 0 Å². The maximum Gasteiger partial charge on any atom is 0.317 e. The van der Waals surface area contributed by atoms with Crippen LogP contribution in [0, 0.1) is 24.2 Å². The minimum Gasteiger partial charge on any atom is -0.376 e. The number of benzene rings is 1. The van der Waals surface area contributed by atoms with Crippen molar-refractivity contribution in [2.45, 2.75) is 123 Å². The predicted octanol–water partition coefficient (Wildman–Crippen LogP) is 6.95. The number of aryl methyl sites for hydroxylation is 1. The van der Waals surface area contributed by atoms with Crippen LogP contribution >= 0.6 is 0 Å². The highest BCUT2D eigenvalue weighted by molar-refractivity contribution is 5.74. The Hall–Kier alpha value is -2.17. The minimum atomic E-state index is 0.0413. The summed E-state index contributed by atoms with van der Waals surface area (Å²) < 4.78 is 6.45. The van der Waals surface area contributed by atoms with E-state index >= 15 is 0 Å². The number of nitrogens with one attached hydrogen (secondary N) is 1. The van der Waals surface area contributed by atoms with E-state index in [0.29, 0.717) is 37.6 Å². The van der Waals surface area contributed by atoms with Crippen LogP contribution in [0.2, 0.25) is 0 Å². The van der Waals surface area contributed by atoms with E-state index < -0.39 is 0 Å². The van der Waals surface area contributed by atoms with Crippen LogP contribution in [0.1, 0.15) is 102 Å². The number of nitrogens with zero attached hydrogens (tertiary/aromatic N) is 2. The zero-order valence-corrected chi connectivity index (χ0v) is 23.9. The van der Waals surface area contributed by atoms with Gasteiger partial charge in [0.05, 0.1) is 18.8 Å². The Morgan fingerprint density at radius 2 is 1.79 bits per heavy atom. The smallest absolute Gasteiger partial charge is 0.317 e. The molecule has 1 N–H and O–H groups in total. The molecule has 0 bridgehead atoms. The summed E-state index contributed by atoms with van der Waals surface area (Å²) in [5.74, 6) is 1.35. The van der Waals surface area contributed by atoms with Gasteiger partial charge in [0.25, 0.3) is 0 Å². The van der Waals surface area contributed by atoms with Crippen molar-refractivity contribution in [3.8, 4) is 0 Å². The van der Waals surface area contributed by atoms with Crippen molar-refractivity contribution in [2.24, 2.45) is 22.2 Å². The third-order valence-electron chi connectivity index (χ3n) is 9.47. The first-order chi connectivity index (χ1) is 18.3. The fraction of sp³-hybridized carbons (Fsp3) is 0.750. The normalized spacial score (nSPS) is 27.8. The van der Waals surface area contributed by atoms with Gasteiger partial charge in [-0.1, -0.05) is 69.4 Å². The van der Waals surface area contributed by atoms with Gasteiger partial charge in [-0.25, -0.2) is 14.6 Å². The van der Waals surface area contributed by atoms with Gasteiger partial charge in [-0.2, -0.15) is 0 Å². The van der Waals surface area contributed by atoms with Crippen LogP contribution in [0.3, 0.4) is 0 Å². The van der Waals surface area contributed by atoms with E-state index in [1.165, 1.54) is 37.7 Å². The fourth-order valence-electron chi connectivity index (χ4n) is 7.15. The van der Waals surface area contributed by atoms with Crippen LogP contribution in [0.25, 0.3) is 0 Å². The van der Waals surface area contributed by atoms with Gasteiger partial charge in [-0.05, 0) is 81.1 Å². The van der Waals surface area contributed by atoms with Crippen molar-refractivity contribution in [2.75, 3.05) is 13.2 Å². The predicted molar refractivity (Wildman–Crippen MR) is 152 cm³/mol. The molecule has 0 heterocycles. The maximum absolute atomic E-state index is 13.3. The third kappa shape index (κ3) is 8.16. The van der Waals surface area contributed by atoms with E-state index in [0.717, 1.165) is 50.5 Å². The van der Waals surface area contributed by atoms with E-state index in [9.17, 15) is 9.59 Å². The van der Waals surface area contributed by atoms with Crippen molar-refractivity contribution >= 4 is 12.1 Å². The van der Waals surface area contributed by atoms with Gasteiger partial charge in [0, 0.05) is 19.1 Å². The molecule has 6 heteroatoms. The maximum atomic E-state index is 13.3. The molecule has 0 saturated heterocycles. The number of isocyanates is 1. The van der Waals surface area contributed by atoms with Crippen molar-refractivity contribution in [3.05, 3.63) is 35.4 Å². The standard InChI is InChI=1S/C32H49N3O3/c1-24-12-14-25(15-13-24)22-35(31(37)34-28-9-5-4-6-10-28)18-19-38-29-11-7-8-26(20-29)27-16-17-30(33-23-36)32(2,3)21-27/h12-15,26-30H,4-11,16-22H2,1-3H3,(H,34,37)/t26?,27-,29?,30+/m0/s1. The molecule has 6 nitrogen and oxygen atoms in total. The highest BCUT2D eigenvalue weighted by atomic mass is 16.5. The van der Waals surface area contributed by atoms with Gasteiger partial charge < -0.3 is 15.0 Å². The number of urea groups is 1. The molecule has 3 saturated carbocycles. The number of hydrogen-bond acceptors (Lipinski definition) is 4. The Labute approximate surface area is 230 Å². The summed E-state index contributed by atoms with van der Waals surface area (Å²) in [6, 6.07) is 8.93. The molecule has 2 amide bonds. The van der Waals surface area contributed by atoms with Gasteiger partial charge in [0.1, 0.15) is 0 Å². The number of ether oxygens (including phenoxy) is 1. The van der Waals surface area contributed by atoms with E-state index in [1.54, 1.807) is 6.08 Å². The van der Waals surface area contributed by atoms with E-state index in [1.807, 2.05) is 4.90 Å². The Balaban J connectivity index is 1.30. The van der Waals surface area contributed by atoms with Crippen LogP contribution in [-0.4, -0.2) is 48.4 Å². The van der Waals surface area contributed by atoms with Crippen LogP contribution < -0.4 is 5.32 Å². The third-order valence-corrected chi connectivity index (χ3v) is 9.47. The first kappa shape index (κ1) is 28.8. The molecular formula is C32H49N3O3. The average Bonchev–Trinajstić information content (AvgIpc) is 2.91. The molecule has 4 rings (SSSR count). The Morgan fingerprint density at radius 1 is 1.03 bits per heavy atom. The molecule has 0 spiro atoms. The highest BCUT2D eigenvalue weighted by Gasteiger charge is 2.40. The van der Waals surface area contributed by atoms with Crippen molar-refractivity contribution < 1.29 is 14.3 Å². The second kappa shape index (κ2) is 13.8. The molecule has 210 valence electrons. The van der Waals surface area contributed by atoms with Crippen LogP contribution in [0.5, 0.6) is 0 Å². The van der Waals surface area contributed by atoms with Crippen molar-refractivity contribution in [3.63, 3.8) is 0 Å². The Kier molecular flexibility index (Phi) is 10.4. The molecule has 0 radical (unpaired) electrons. The average molecular weight is 524 g/mol. The topological polar surface area (TPSA) is 71.0 Å². The molecule has 3 aliphatic carbocycles. The van der Waals surface area contributed by atoms with Crippen LogP contribution in [0.15, 0.2) is 29.3 Å². The van der Waals surface area contributed by atoms with Crippen molar-refractivity contribution in [1.29, 1.82) is 0 Å². The SMILES string of the molecule is Cc1ccc(CN(CCOC2CCCC([C@H]3CC[C@@H](N=C=O)C(C)(C)C3)C2)C(=O)NC2CCCCC2)cc1. The lowest BCUT2D eigenvalue weighted by Crippen LogP contribution is -2.46. The molecule has 0 aliphatic heterocycles. The van der Waals surface area contributed by atoms with Crippen molar-refractivity contribution in [1.82, 2.24) is 10.2 Å². The Bertz CT molecular complexity index is 934. The monoisotopic (exact) mass is 523 g/mol. The second-order valence-electron chi connectivity index (χ2n) is 12.9. The number of amides is 2. The summed E-state index contributed by atoms with van der Waals surface area (Å²) >= 11 is 0. The lowest BCUT2D eigenvalue weighted by molar-refractivity contribution is -0.0140. The number of rotatable bonds is 9. The summed E-state index contributed by atoms with van der Waals surface area (Å²) in [4.78, 5) is 30.2. The number of hydrogen-bond donors (Lipinski definition) is 1. The molecule has 4 atom stereocenters. The van der Waals surface area contributed by atoms with Crippen LogP contribution in [0.4, 0.5) is 4.79 Å². The van der Waals surface area contributed by atoms with Gasteiger partial charge in [0.2, 0.25) is 6.08 Å². The molecule has 3 aliphatic rings. The second-order valence-corrected chi connectivity index (χ2v) is 12.9. The number of aliphatic imine (C=N–C) groups is 1. The number of carbonyl (C=O) groups excluding carboxylic acids is 2. The quantitative estimate of drug-likeness (QED) is 0.281. The van der Waals surface area contributed by atoms with Gasteiger partial charge in [-0.15, -0.1) is 0 Å². The fourth-order valence-corrected chi connectivity index (χ4v) is 7.15. The van der Waals surface area contributed by atoms with E-state index in [2.05, 4.69) is 55.3 Å². The lowest BCUT2D eigenvalue weighted by Gasteiger charge is -2.44. The molecule has 3 fully saturated rings. The summed E-state index contributed by atoms with van der Waals surface area (Å²) in [5, 5.41) is 3.31. The van der Waals surface area contributed by atoms with Gasteiger partial charge in [0.15, 0.2) is 0 Å². The van der Waals surface area contributed by atoms with E-state index in [-0.39, 0.29) is 23.6 Å². The molecule has 2 unspecified atom stereocenters. The summed E-state index contributed by atoms with van der Waals surface area (Å²) in [6.45, 7) is 8.39. The minimum absolute atomic E-state index is 0.0413. The van der Waals surface area contributed by atoms with Crippen LogP contribution in [-0.2, 0) is 16.1 Å². The first-order valence-corrected chi connectivity index (χ1v) is 15.1. The van der Waals surface area contributed by atoms with E-state index in [4.69, 9.17) is 4.74 Å². The summed E-state index contributed by atoms with van der Waals surface area (Å²) in [6.07, 6.45) is 15.9. The van der Waals surface area contributed by atoms with Gasteiger partial charge >= 0.3 is 6.03 Å². The Morgan fingerprint density at radius 3 is 2.50 bits per heavy atom. The summed E-state index contributed by atoms with van der Waals surface area (Å²) in [5.41, 5.74) is 2.44. The largest absolute Gasteiger partial charge is 0.376 e.